The van der Waals surface area contributed by atoms with Gasteiger partial charge in [0.1, 0.15) is 30.0 Å². The van der Waals surface area contributed by atoms with E-state index in [-0.39, 0.29) is 30.8 Å². The van der Waals surface area contributed by atoms with Gasteiger partial charge >= 0.3 is 0 Å². The third-order valence-corrected chi connectivity index (χ3v) is 8.69. The van der Waals surface area contributed by atoms with Gasteiger partial charge in [-0.2, -0.15) is 10.2 Å². The van der Waals surface area contributed by atoms with Crippen LogP contribution in [0.3, 0.4) is 0 Å². The zero-order valence-electron chi connectivity index (χ0n) is 26.0. The normalized spacial score (nSPS) is 21.0. The quantitative estimate of drug-likeness (QED) is 0.288. The summed E-state index contributed by atoms with van der Waals surface area (Å²) >= 11 is 0. The summed E-state index contributed by atoms with van der Waals surface area (Å²) in [5, 5.41) is 31.6. The molecule has 0 spiro atoms. The van der Waals surface area contributed by atoms with Crippen LogP contribution in [0.15, 0.2) is 42.7 Å². The lowest BCUT2D eigenvalue weighted by Gasteiger charge is -2.43. The van der Waals surface area contributed by atoms with Crippen LogP contribution in [0.1, 0.15) is 12.0 Å². The monoisotopic (exact) mass is 648 g/mol. The zero-order valence-corrected chi connectivity index (χ0v) is 26.0. The smallest absolute Gasteiger partial charge is 0.253 e. The first kappa shape index (κ1) is 32.3. The molecule has 14 nitrogen and oxygen atoms in total. The number of nitriles is 1. The van der Waals surface area contributed by atoms with Gasteiger partial charge in [0.05, 0.1) is 50.8 Å². The molecule has 4 heterocycles. The molecule has 3 aliphatic heterocycles. The van der Waals surface area contributed by atoms with Crippen LogP contribution in [0.5, 0.6) is 11.5 Å². The predicted octanol–water partition coefficient (Wildman–Crippen LogP) is 1.35. The molecule has 47 heavy (non-hydrogen) atoms. The fourth-order valence-corrected chi connectivity index (χ4v) is 5.93. The molecule has 3 saturated heterocycles. The van der Waals surface area contributed by atoms with Gasteiger partial charge in [-0.1, -0.05) is 0 Å². The fraction of sp³-hybridized carbons (Fsp3) is 0.469. The number of ether oxygens (including phenoxy) is 3. The Morgan fingerprint density at radius 2 is 1.96 bits per heavy atom. The Morgan fingerprint density at radius 3 is 2.64 bits per heavy atom. The molecule has 6 rings (SSSR count). The molecular formula is C32H37FN8O6. The second-order valence-corrected chi connectivity index (χ2v) is 11.6. The van der Waals surface area contributed by atoms with Crippen LogP contribution in [0.25, 0.3) is 11.4 Å². The number of likely N-dealkylation sites (tertiary alicyclic amines) is 1. The molecule has 2 aromatic carbocycles. The standard InChI is InChI=1S/C32H37FN8O6/c1-45-29-13-22(3-4-25(29)40-10-8-39(9-11-40)23-17-46-18-23)37-32-36-19-35-30(38-32)20-2-5-27(21(12-20)14-34)47-28-6-7-41(15-24(28)33)31(44)26(43)16-42/h2-5,12-13,19,23-24,26,28,42-43H,6-11,15-18H2,1H3,(H,35,36,37,38)/t24-,26+,28-/m0/s1. The highest BCUT2D eigenvalue weighted by molar-refractivity contribution is 5.81. The van der Waals surface area contributed by atoms with Crippen molar-refractivity contribution >= 4 is 23.2 Å². The van der Waals surface area contributed by atoms with E-state index in [1.54, 1.807) is 25.3 Å². The Kier molecular flexibility index (Phi) is 9.92. The highest BCUT2D eigenvalue weighted by Gasteiger charge is 2.35. The van der Waals surface area contributed by atoms with E-state index in [0.29, 0.717) is 23.4 Å². The largest absolute Gasteiger partial charge is 0.495 e. The first-order chi connectivity index (χ1) is 22.9. The zero-order chi connectivity index (χ0) is 32.9. The number of piperidine rings is 1. The van der Waals surface area contributed by atoms with Crippen LogP contribution in [0, 0.1) is 11.3 Å². The van der Waals surface area contributed by atoms with Gasteiger partial charge in [0.2, 0.25) is 5.95 Å². The molecule has 0 bridgehead atoms. The number of anilines is 3. The van der Waals surface area contributed by atoms with Crippen LogP contribution < -0.4 is 19.7 Å². The second kappa shape index (κ2) is 14.4. The van der Waals surface area contributed by atoms with Gasteiger partial charge in [0.15, 0.2) is 18.1 Å². The third-order valence-electron chi connectivity index (χ3n) is 8.69. The molecule has 1 aromatic heterocycles. The number of piperazine rings is 1. The Bertz CT molecular complexity index is 1610. The van der Waals surface area contributed by atoms with Crippen molar-refractivity contribution in [2.24, 2.45) is 0 Å². The number of aliphatic hydroxyl groups is 2. The Hall–Kier alpha value is -4.62. The number of alkyl halides is 1. The minimum Gasteiger partial charge on any atom is -0.495 e. The van der Waals surface area contributed by atoms with Gasteiger partial charge in [-0.15, -0.1) is 0 Å². The summed E-state index contributed by atoms with van der Waals surface area (Å²) in [5.74, 6) is 0.809. The van der Waals surface area contributed by atoms with Crippen molar-refractivity contribution in [2.75, 3.05) is 76.4 Å². The number of amides is 1. The SMILES string of the molecule is COc1cc(Nc2ncnc(-c3ccc(O[C@H]4CCN(C(=O)[C@H](O)CO)C[C@@H]4F)c(C#N)c3)n2)ccc1N1CCN(C2COC2)CC1. The van der Waals surface area contributed by atoms with Crippen LogP contribution >= 0.6 is 0 Å². The number of halogens is 1. The first-order valence-corrected chi connectivity index (χ1v) is 15.5. The summed E-state index contributed by atoms with van der Waals surface area (Å²) in [7, 11) is 1.65. The van der Waals surface area contributed by atoms with Crippen LogP contribution in [-0.4, -0.2) is 131 Å². The summed E-state index contributed by atoms with van der Waals surface area (Å²) in [6, 6.07) is 13.3. The lowest BCUT2D eigenvalue weighted by Crippen LogP contribution is -2.56. The van der Waals surface area contributed by atoms with E-state index < -0.39 is 30.9 Å². The van der Waals surface area contributed by atoms with Gasteiger partial charge in [-0.25, -0.2) is 14.4 Å². The van der Waals surface area contributed by atoms with Gasteiger partial charge < -0.3 is 39.5 Å². The molecule has 3 aromatic rings. The van der Waals surface area contributed by atoms with Crippen molar-refractivity contribution in [1.82, 2.24) is 24.8 Å². The second-order valence-electron chi connectivity index (χ2n) is 11.6. The van der Waals surface area contributed by atoms with Gasteiger partial charge in [-0.3, -0.25) is 9.69 Å². The third kappa shape index (κ3) is 7.20. The minimum atomic E-state index is -1.59. The molecule has 0 saturated carbocycles. The van der Waals surface area contributed by atoms with Crippen LogP contribution in [0.2, 0.25) is 0 Å². The molecule has 0 radical (unpaired) electrons. The number of carbonyl (C=O) groups is 1. The maximum Gasteiger partial charge on any atom is 0.253 e. The summed E-state index contributed by atoms with van der Waals surface area (Å²) in [6.07, 6.45) is -2.51. The number of benzene rings is 2. The Labute approximate surface area is 271 Å². The van der Waals surface area contributed by atoms with E-state index in [0.717, 1.165) is 61.4 Å². The molecule has 3 fully saturated rings. The van der Waals surface area contributed by atoms with Gasteiger partial charge in [0, 0.05) is 56.5 Å². The fourth-order valence-electron chi connectivity index (χ4n) is 5.93. The van der Waals surface area contributed by atoms with E-state index >= 15 is 0 Å². The Morgan fingerprint density at radius 1 is 1.15 bits per heavy atom. The van der Waals surface area contributed by atoms with Crippen molar-refractivity contribution in [3.8, 4) is 29.0 Å². The summed E-state index contributed by atoms with van der Waals surface area (Å²) < 4.78 is 31.9. The van der Waals surface area contributed by atoms with Gasteiger partial charge in [0.25, 0.3) is 5.91 Å². The van der Waals surface area contributed by atoms with Crippen LogP contribution in [0.4, 0.5) is 21.7 Å². The molecule has 1 amide bonds. The highest BCUT2D eigenvalue weighted by atomic mass is 19.1. The van der Waals surface area contributed by atoms with E-state index in [1.807, 2.05) is 18.2 Å². The lowest BCUT2D eigenvalue weighted by atomic mass is 10.0. The molecule has 3 atom stereocenters. The lowest BCUT2D eigenvalue weighted by molar-refractivity contribution is -0.146. The Balaban J connectivity index is 1.10. The number of hydrogen-bond acceptors (Lipinski definition) is 13. The van der Waals surface area contributed by atoms with Crippen molar-refractivity contribution in [1.29, 1.82) is 5.26 Å². The summed E-state index contributed by atoms with van der Waals surface area (Å²) in [5.41, 5.74) is 2.45. The maximum atomic E-state index is 14.9. The topological polar surface area (TPSA) is 169 Å². The first-order valence-electron chi connectivity index (χ1n) is 15.5. The van der Waals surface area contributed by atoms with Crippen molar-refractivity contribution in [3.05, 3.63) is 48.3 Å². The molecular weight excluding hydrogens is 611 g/mol. The molecule has 15 heteroatoms. The number of nitrogens with one attached hydrogen (secondary N) is 1. The maximum absolute atomic E-state index is 14.9. The van der Waals surface area contributed by atoms with Crippen molar-refractivity contribution in [3.63, 3.8) is 0 Å². The molecule has 0 unspecified atom stereocenters. The van der Waals surface area contributed by atoms with E-state index in [9.17, 15) is 19.6 Å². The van der Waals surface area contributed by atoms with Crippen LogP contribution in [-0.2, 0) is 9.53 Å². The summed E-state index contributed by atoms with van der Waals surface area (Å²) in [6.45, 7) is 4.49. The molecule has 0 aliphatic carbocycles. The number of aliphatic hydroxyl groups excluding tert-OH is 2. The predicted molar refractivity (Wildman–Crippen MR) is 168 cm³/mol. The number of carbonyl (C=O) groups excluding carboxylic acids is 1. The molecule has 3 aliphatic rings. The summed E-state index contributed by atoms with van der Waals surface area (Å²) in [4.78, 5) is 31.1. The van der Waals surface area contributed by atoms with Crippen molar-refractivity contribution in [2.45, 2.75) is 30.8 Å². The van der Waals surface area contributed by atoms with E-state index in [1.165, 1.54) is 6.33 Å². The average Bonchev–Trinajstić information content (AvgIpc) is 3.08. The van der Waals surface area contributed by atoms with Gasteiger partial charge in [-0.05, 0) is 30.3 Å². The number of rotatable bonds is 10. The van der Waals surface area contributed by atoms with E-state index in [4.69, 9.17) is 19.3 Å². The average molecular weight is 649 g/mol. The minimum absolute atomic E-state index is 0.143. The highest BCUT2D eigenvalue weighted by Crippen LogP contribution is 2.34. The molecule has 3 N–H and O–H groups in total. The number of hydrogen-bond donors (Lipinski definition) is 3. The van der Waals surface area contributed by atoms with E-state index in [2.05, 4.69) is 36.1 Å². The molecule has 248 valence electrons. The van der Waals surface area contributed by atoms with Crippen molar-refractivity contribution < 1.29 is 33.6 Å². The number of nitrogens with zero attached hydrogens (tertiary/aromatic N) is 7. The number of aromatic nitrogens is 3. The number of methoxy groups -OCH3 is 1.